The molecule has 0 spiro atoms. The smallest absolute Gasteiger partial charge is 0.251 e. The van der Waals surface area contributed by atoms with E-state index in [0.29, 0.717) is 11.6 Å². The Morgan fingerprint density at radius 2 is 1.80 bits per heavy atom. The van der Waals surface area contributed by atoms with Crippen molar-refractivity contribution in [3.63, 3.8) is 0 Å². The van der Waals surface area contributed by atoms with Crippen molar-refractivity contribution in [2.24, 2.45) is 0 Å². The van der Waals surface area contributed by atoms with Crippen LogP contribution in [0.25, 0.3) is 16.9 Å². The molecule has 0 atom stereocenters. The molecule has 0 bridgehead atoms. The number of hydrogen-bond acceptors (Lipinski definition) is 5. The van der Waals surface area contributed by atoms with Gasteiger partial charge in [0.2, 0.25) is 0 Å². The van der Waals surface area contributed by atoms with Gasteiger partial charge in [-0.25, -0.2) is 15.0 Å². The normalized spacial score (nSPS) is 17.6. The first-order chi connectivity index (χ1) is 14.7. The third-order valence-corrected chi connectivity index (χ3v) is 6.11. The molecule has 1 amide bonds. The SMILES string of the molecule is Cc1ccc(C(=O)NC2CC2)cc1-n1cnc2c(N3CCCCCCC3)ncnc21. The standard InChI is InChI=1S/C23H28N6O/c1-16-7-8-17(23(30)27-18-9-10-18)13-19(16)29-15-26-20-21(24-14-25-22(20)29)28-11-5-3-2-4-6-12-28/h7-8,13-15,18H,2-6,9-12H2,1H3,(H,27,30). The number of rotatable bonds is 4. The summed E-state index contributed by atoms with van der Waals surface area (Å²) in [5.74, 6) is 0.903. The van der Waals surface area contributed by atoms with E-state index < -0.39 is 0 Å². The number of fused-ring (bicyclic) bond motifs is 1. The van der Waals surface area contributed by atoms with E-state index in [-0.39, 0.29) is 5.91 Å². The lowest BCUT2D eigenvalue weighted by Gasteiger charge is -2.25. The maximum atomic E-state index is 12.5. The lowest BCUT2D eigenvalue weighted by Crippen LogP contribution is -2.28. The van der Waals surface area contributed by atoms with Crippen molar-refractivity contribution in [1.29, 1.82) is 0 Å². The van der Waals surface area contributed by atoms with Crippen LogP contribution in [0.3, 0.4) is 0 Å². The highest BCUT2D eigenvalue weighted by molar-refractivity contribution is 5.95. The summed E-state index contributed by atoms with van der Waals surface area (Å²) in [7, 11) is 0. The average molecular weight is 405 g/mol. The van der Waals surface area contributed by atoms with Crippen molar-refractivity contribution in [3.8, 4) is 5.69 Å². The number of hydrogen-bond donors (Lipinski definition) is 1. The number of anilines is 1. The maximum Gasteiger partial charge on any atom is 0.251 e. The minimum absolute atomic E-state index is 0.0147. The van der Waals surface area contributed by atoms with Gasteiger partial charge in [0, 0.05) is 24.7 Å². The molecule has 5 rings (SSSR count). The predicted octanol–water partition coefficient (Wildman–Crippen LogP) is 3.79. The summed E-state index contributed by atoms with van der Waals surface area (Å²) in [6.07, 6.45) is 11.8. The molecule has 1 saturated heterocycles. The van der Waals surface area contributed by atoms with E-state index in [0.717, 1.165) is 54.2 Å². The molecule has 2 aromatic heterocycles. The molecule has 30 heavy (non-hydrogen) atoms. The number of imidazole rings is 1. The van der Waals surface area contributed by atoms with Crippen LogP contribution >= 0.6 is 0 Å². The van der Waals surface area contributed by atoms with Crippen LogP contribution in [0, 0.1) is 6.92 Å². The number of carbonyl (C=O) groups is 1. The largest absolute Gasteiger partial charge is 0.355 e. The molecule has 3 aromatic rings. The van der Waals surface area contributed by atoms with Gasteiger partial charge in [0.25, 0.3) is 5.91 Å². The maximum absolute atomic E-state index is 12.5. The molecule has 0 radical (unpaired) electrons. The molecule has 1 aliphatic heterocycles. The topological polar surface area (TPSA) is 75.9 Å². The molecule has 0 unspecified atom stereocenters. The monoisotopic (exact) mass is 404 g/mol. The minimum Gasteiger partial charge on any atom is -0.355 e. The Balaban J connectivity index is 1.51. The van der Waals surface area contributed by atoms with Crippen molar-refractivity contribution in [1.82, 2.24) is 24.8 Å². The van der Waals surface area contributed by atoms with Crippen molar-refractivity contribution >= 4 is 22.9 Å². The molecule has 3 heterocycles. The molecule has 1 saturated carbocycles. The van der Waals surface area contributed by atoms with Gasteiger partial charge in [-0.05, 0) is 50.3 Å². The van der Waals surface area contributed by atoms with Crippen LogP contribution < -0.4 is 10.2 Å². The molecule has 2 fully saturated rings. The number of nitrogens with zero attached hydrogens (tertiary/aromatic N) is 5. The van der Waals surface area contributed by atoms with Gasteiger partial charge in [-0.3, -0.25) is 9.36 Å². The van der Waals surface area contributed by atoms with Gasteiger partial charge in [0.1, 0.15) is 12.7 Å². The number of aromatic nitrogens is 4. The summed E-state index contributed by atoms with van der Waals surface area (Å²) in [6, 6.07) is 6.15. The fraction of sp³-hybridized carbons (Fsp3) is 0.478. The Morgan fingerprint density at radius 1 is 1.03 bits per heavy atom. The summed E-state index contributed by atoms with van der Waals surface area (Å²) in [4.78, 5) is 28.7. The molecule has 1 N–H and O–H groups in total. The third-order valence-electron chi connectivity index (χ3n) is 6.11. The van der Waals surface area contributed by atoms with Gasteiger partial charge >= 0.3 is 0 Å². The number of nitrogens with one attached hydrogen (secondary N) is 1. The minimum atomic E-state index is -0.0147. The van der Waals surface area contributed by atoms with Crippen LogP contribution in [0.4, 0.5) is 5.82 Å². The van der Waals surface area contributed by atoms with Gasteiger partial charge in [-0.1, -0.05) is 25.3 Å². The summed E-state index contributed by atoms with van der Waals surface area (Å²) in [5, 5.41) is 3.07. The highest BCUT2D eigenvalue weighted by atomic mass is 16.1. The van der Waals surface area contributed by atoms with E-state index in [1.807, 2.05) is 29.7 Å². The first-order valence-electron chi connectivity index (χ1n) is 11.1. The zero-order chi connectivity index (χ0) is 20.5. The third kappa shape index (κ3) is 3.76. The number of carbonyl (C=O) groups excluding carboxylic acids is 1. The van der Waals surface area contributed by atoms with Gasteiger partial charge < -0.3 is 10.2 Å². The number of aryl methyl sites for hydroxylation is 1. The molecular weight excluding hydrogens is 376 g/mol. The van der Waals surface area contributed by atoms with Gasteiger partial charge in [0.15, 0.2) is 17.0 Å². The first kappa shape index (κ1) is 19.0. The quantitative estimate of drug-likeness (QED) is 0.716. The number of amides is 1. The second kappa shape index (κ2) is 8.05. The zero-order valence-electron chi connectivity index (χ0n) is 17.5. The second-order valence-corrected chi connectivity index (χ2v) is 8.49. The van der Waals surface area contributed by atoms with E-state index in [9.17, 15) is 4.79 Å². The van der Waals surface area contributed by atoms with Crippen molar-refractivity contribution < 1.29 is 4.79 Å². The molecule has 1 aromatic carbocycles. The number of benzene rings is 1. The predicted molar refractivity (Wildman–Crippen MR) is 117 cm³/mol. The Labute approximate surface area is 176 Å². The molecule has 7 nitrogen and oxygen atoms in total. The summed E-state index contributed by atoms with van der Waals surface area (Å²) in [6.45, 7) is 4.06. The zero-order valence-corrected chi connectivity index (χ0v) is 17.5. The van der Waals surface area contributed by atoms with Gasteiger partial charge in [0.05, 0.1) is 5.69 Å². The van der Waals surface area contributed by atoms with Gasteiger partial charge in [-0.15, -0.1) is 0 Å². The van der Waals surface area contributed by atoms with Gasteiger partial charge in [-0.2, -0.15) is 0 Å². The van der Waals surface area contributed by atoms with E-state index in [2.05, 4.69) is 20.2 Å². The van der Waals surface area contributed by atoms with Crippen molar-refractivity contribution in [3.05, 3.63) is 42.0 Å². The van der Waals surface area contributed by atoms with E-state index in [1.165, 1.54) is 32.1 Å². The second-order valence-electron chi connectivity index (χ2n) is 8.49. The highest BCUT2D eigenvalue weighted by Gasteiger charge is 2.24. The summed E-state index contributed by atoms with van der Waals surface area (Å²) < 4.78 is 1.98. The van der Waals surface area contributed by atoms with Crippen LogP contribution in [-0.4, -0.2) is 44.6 Å². The lowest BCUT2D eigenvalue weighted by atomic mass is 10.1. The fourth-order valence-electron chi connectivity index (χ4n) is 4.20. The summed E-state index contributed by atoms with van der Waals surface area (Å²) in [5.41, 5.74) is 4.28. The average Bonchev–Trinajstić information content (AvgIpc) is 3.43. The molecule has 156 valence electrons. The lowest BCUT2D eigenvalue weighted by molar-refractivity contribution is 0.0951. The Bertz CT molecular complexity index is 1060. The van der Waals surface area contributed by atoms with Crippen LogP contribution in [0.1, 0.15) is 60.9 Å². The van der Waals surface area contributed by atoms with Crippen LogP contribution in [0.15, 0.2) is 30.9 Å². The molecule has 7 heteroatoms. The molecule has 1 aliphatic carbocycles. The summed E-state index contributed by atoms with van der Waals surface area (Å²) >= 11 is 0. The highest BCUT2D eigenvalue weighted by Crippen LogP contribution is 2.27. The van der Waals surface area contributed by atoms with Crippen LogP contribution in [0.5, 0.6) is 0 Å². The Hall–Kier alpha value is -2.96. The van der Waals surface area contributed by atoms with Crippen LogP contribution in [-0.2, 0) is 0 Å². The Morgan fingerprint density at radius 3 is 2.57 bits per heavy atom. The first-order valence-corrected chi connectivity index (χ1v) is 11.1. The van der Waals surface area contributed by atoms with E-state index >= 15 is 0 Å². The van der Waals surface area contributed by atoms with E-state index in [4.69, 9.17) is 4.98 Å². The van der Waals surface area contributed by atoms with E-state index in [1.54, 1.807) is 12.7 Å². The Kier molecular flexibility index (Phi) is 5.11. The van der Waals surface area contributed by atoms with Crippen LogP contribution in [0.2, 0.25) is 0 Å². The molecular formula is C23H28N6O. The molecule has 2 aliphatic rings. The van der Waals surface area contributed by atoms with Crippen molar-refractivity contribution in [2.45, 2.75) is 57.9 Å². The van der Waals surface area contributed by atoms with Crippen molar-refractivity contribution in [2.75, 3.05) is 18.0 Å². The fourth-order valence-corrected chi connectivity index (χ4v) is 4.20.